The highest BCUT2D eigenvalue weighted by atomic mass is 19.1. The summed E-state index contributed by atoms with van der Waals surface area (Å²) in [6.45, 7) is 0. The molecule has 0 saturated carbocycles. The zero-order valence-electron chi connectivity index (χ0n) is 12.5. The van der Waals surface area contributed by atoms with Crippen LogP contribution in [0.5, 0.6) is 0 Å². The maximum absolute atomic E-state index is 13.0. The van der Waals surface area contributed by atoms with Crippen LogP contribution < -0.4 is 0 Å². The summed E-state index contributed by atoms with van der Waals surface area (Å²) < 4.78 is 25.9. The van der Waals surface area contributed by atoms with Crippen molar-refractivity contribution in [2.24, 2.45) is 0 Å². The molecule has 0 aliphatic heterocycles. The van der Waals surface area contributed by atoms with Gasteiger partial charge < -0.3 is 0 Å². The highest BCUT2D eigenvalue weighted by Gasteiger charge is 2.14. The molecule has 0 N–H and O–H groups in total. The van der Waals surface area contributed by atoms with E-state index >= 15 is 0 Å². The first kappa shape index (κ1) is 15.7. The van der Waals surface area contributed by atoms with Gasteiger partial charge in [0.25, 0.3) is 0 Å². The van der Waals surface area contributed by atoms with Gasteiger partial charge in [-0.15, -0.1) is 0 Å². The number of carbonyl (C=O) groups is 2. The van der Waals surface area contributed by atoms with Crippen LogP contribution in [0.1, 0.15) is 31.8 Å². The van der Waals surface area contributed by atoms with Crippen LogP contribution in [0.25, 0.3) is 0 Å². The van der Waals surface area contributed by atoms with E-state index in [1.54, 1.807) is 18.2 Å². The van der Waals surface area contributed by atoms with Crippen molar-refractivity contribution in [2.75, 3.05) is 0 Å². The molecule has 0 radical (unpaired) electrons. The minimum absolute atomic E-state index is 0.302. The van der Waals surface area contributed by atoms with Crippen LogP contribution in [0.3, 0.4) is 0 Å². The summed E-state index contributed by atoms with van der Waals surface area (Å²) in [7, 11) is 0. The lowest BCUT2D eigenvalue weighted by Gasteiger charge is -2.05. The van der Waals surface area contributed by atoms with Crippen molar-refractivity contribution in [2.45, 2.75) is 0 Å². The summed E-state index contributed by atoms with van der Waals surface area (Å²) in [6, 6.07) is 16.7. The standard InChI is InChI=1S/C20H12F2O2/c21-17-8-4-13(5-9-17)19(23)15-2-1-3-16(12-15)20(24)14-6-10-18(22)11-7-14/h1-12H. The fraction of sp³-hybridized carbons (Fsp3) is 0. The molecular weight excluding hydrogens is 310 g/mol. The normalized spacial score (nSPS) is 10.4. The Kier molecular flexibility index (Phi) is 4.29. The summed E-state index contributed by atoms with van der Waals surface area (Å²) in [5.41, 5.74) is 1.33. The molecule has 0 heterocycles. The molecule has 0 bridgehead atoms. The Morgan fingerprint density at radius 1 is 0.542 bits per heavy atom. The van der Waals surface area contributed by atoms with Gasteiger partial charge in [-0.2, -0.15) is 0 Å². The molecule has 2 nitrogen and oxygen atoms in total. The lowest BCUT2D eigenvalue weighted by atomic mass is 9.97. The van der Waals surface area contributed by atoms with Crippen LogP contribution in [0, 0.1) is 11.6 Å². The van der Waals surface area contributed by atoms with Crippen molar-refractivity contribution in [1.82, 2.24) is 0 Å². The van der Waals surface area contributed by atoms with Crippen molar-refractivity contribution in [3.8, 4) is 0 Å². The van der Waals surface area contributed by atoms with Crippen LogP contribution in [0.15, 0.2) is 72.8 Å². The summed E-state index contributed by atoms with van der Waals surface area (Å²) in [5.74, 6) is -1.45. The van der Waals surface area contributed by atoms with E-state index in [9.17, 15) is 18.4 Å². The second-order valence-electron chi connectivity index (χ2n) is 5.25. The first-order chi connectivity index (χ1) is 11.5. The van der Waals surface area contributed by atoms with E-state index in [4.69, 9.17) is 0 Å². The van der Waals surface area contributed by atoms with Gasteiger partial charge in [0.15, 0.2) is 11.6 Å². The smallest absolute Gasteiger partial charge is 0.193 e. The predicted molar refractivity (Wildman–Crippen MR) is 86.1 cm³/mol. The van der Waals surface area contributed by atoms with Gasteiger partial charge >= 0.3 is 0 Å². The number of hydrogen-bond acceptors (Lipinski definition) is 2. The second kappa shape index (κ2) is 6.54. The molecule has 0 fully saturated rings. The van der Waals surface area contributed by atoms with Gasteiger partial charge in [-0.05, 0) is 54.6 Å². The van der Waals surface area contributed by atoms with Crippen LogP contribution in [-0.4, -0.2) is 11.6 Å². The van der Waals surface area contributed by atoms with Gasteiger partial charge in [0.1, 0.15) is 11.6 Å². The minimum atomic E-state index is -0.424. The van der Waals surface area contributed by atoms with Gasteiger partial charge in [0.05, 0.1) is 0 Å². The van der Waals surface area contributed by atoms with Crippen LogP contribution >= 0.6 is 0 Å². The molecule has 0 aromatic heterocycles. The number of ketones is 2. The molecule has 0 aliphatic rings. The minimum Gasteiger partial charge on any atom is -0.289 e. The monoisotopic (exact) mass is 322 g/mol. The Morgan fingerprint density at radius 2 is 0.917 bits per heavy atom. The molecule has 0 saturated heterocycles. The predicted octanol–water partition coefficient (Wildman–Crippen LogP) is 4.43. The largest absolute Gasteiger partial charge is 0.289 e. The highest BCUT2D eigenvalue weighted by molar-refractivity contribution is 6.13. The number of hydrogen-bond donors (Lipinski definition) is 0. The third-order valence-electron chi connectivity index (χ3n) is 3.60. The van der Waals surface area contributed by atoms with E-state index in [0.717, 1.165) is 0 Å². The summed E-state index contributed by atoms with van der Waals surface area (Å²) >= 11 is 0. The lowest BCUT2D eigenvalue weighted by molar-refractivity contribution is 0.103. The van der Waals surface area contributed by atoms with E-state index in [0.29, 0.717) is 22.3 Å². The van der Waals surface area contributed by atoms with Crippen molar-refractivity contribution in [3.05, 3.63) is 107 Å². The zero-order chi connectivity index (χ0) is 17.1. The molecule has 24 heavy (non-hydrogen) atoms. The molecule has 0 atom stereocenters. The summed E-state index contributed by atoms with van der Waals surface area (Å²) in [6.07, 6.45) is 0. The quantitative estimate of drug-likeness (QED) is 0.666. The van der Waals surface area contributed by atoms with E-state index in [-0.39, 0.29) is 11.6 Å². The number of rotatable bonds is 4. The average Bonchev–Trinajstić information content (AvgIpc) is 2.62. The molecule has 3 aromatic carbocycles. The molecule has 3 aromatic rings. The Bertz CT molecular complexity index is 825. The molecule has 3 rings (SSSR count). The van der Waals surface area contributed by atoms with Crippen molar-refractivity contribution in [1.29, 1.82) is 0 Å². The molecule has 0 unspecified atom stereocenters. The van der Waals surface area contributed by atoms with Gasteiger partial charge in [-0.25, -0.2) is 8.78 Å². The van der Waals surface area contributed by atoms with Crippen molar-refractivity contribution >= 4 is 11.6 Å². The summed E-state index contributed by atoms with van der Waals surface area (Å²) in [5, 5.41) is 0. The molecular formula is C20H12F2O2. The highest BCUT2D eigenvalue weighted by Crippen LogP contribution is 2.16. The van der Waals surface area contributed by atoms with E-state index < -0.39 is 11.6 Å². The fourth-order valence-electron chi connectivity index (χ4n) is 2.34. The van der Waals surface area contributed by atoms with Gasteiger partial charge in [0.2, 0.25) is 0 Å². The maximum Gasteiger partial charge on any atom is 0.193 e. The van der Waals surface area contributed by atoms with Gasteiger partial charge in [-0.1, -0.05) is 18.2 Å². The van der Waals surface area contributed by atoms with Crippen LogP contribution in [0.4, 0.5) is 8.78 Å². The van der Waals surface area contributed by atoms with Gasteiger partial charge in [0, 0.05) is 22.3 Å². The Morgan fingerprint density at radius 3 is 1.29 bits per heavy atom. The number of halogens is 2. The van der Waals surface area contributed by atoms with Crippen LogP contribution in [0.2, 0.25) is 0 Å². The van der Waals surface area contributed by atoms with Gasteiger partial charge in [-0.3, -0.25) is 9.59 Å². The molecule has 0 amide bonds. The average molecular weight is 322 g/mol. The van der Waals surface area contributed by atoms with Crippen LogP contribution in [-0.2, 0) is 0 Å². The third kappa shape index (κ3) is 3.27. The van der Waals surface area contributed by atoms with Crippen molar-refractivity contribution in [3.63, 3.8) is 0 Å². The van der Waals surface area contributed by atoms with E-state index in [2.05, 4.69) is 0 Å². The van der Waals surface area contributed by atoms with E-state index in [1.807, 2.05) is 0 Å². The first-order valence-electron chi connectivity index (χ1n) is 7.25. The SMILES string of the molecule is O=C(c1ccc(F)cc1)c1cccc(C(=O)c2ccc(F)cc2)c1. The number of benzene rings is 3. The topological polar surface area (TPSA) is 34.1 Å². The Hall–Kier alpha value is -3.14. The second-order valence-corrected chi connectivity index (χ2v) is 5.25. The first-order valence-corrected chi connectivity index (χ1v) is 7.25. The lowest BCUT2D eigenvalue weighted by Crippen LogP contribution is -2.06. The maximum atomic E-state index is 13.0. The molecule has 118 valence electrons. The molecule has 0 aliphatic carbocycles. The third-order valence-corrected chi connectivity index (χ3v) is 3.60. The Labute approximate surface area is 137 Å². The molecule has 4 heteroatoms. The van der Waals surface area contributed by atoms with Crippen molar-refractivity contribution < 1.29 is 18.4 Å². The number of carbonyl (C=O) groups excluding carboxylic acids is 2. The fourth-order valence-corrected chi connectivity index (χ4v) is 2.34. The molecule has 0 spiro atoms. The Balaban J connectivity index is 1.91. The van der Waals surface area contributed by atoms with E-state index in [1.165, 1.54) is 54.6 Å². The summed E-state index contributed by atoms with van der Waals surface area (Å²) in [4.78, 5) is 24.9. The zero-order valence-corrected chi connectivity index (χ0v) is 12.5.